The fourth-order valence-electron chi connectivity index (χ4n) is 5.20. The molecule has 3 aliphatic rings. The smallest absolute Gasteiger partial charge is 0.178 e. The molecular formula is C26H28F2N6O. The molecule has 2 fully saturated rings. The van der Waals surface area contributed by atoms with Gasteiger partial charge in [-0.25, -0.2) is 18.7 Å². The lowest BCUT2D eigenvalue weighted by Gasteiger charge is -2.34. The van der Waals surface area contributed by atoms with E-state index in [-0.39, 0.29) is 17.5 Å². The van der Waals surface area contributed by atoms with Crippen LogP contribution in [0.5, 0.6) is 5.75 Å². The molecule has 0 bridgehead atoms. The minimum atomic E-state index is -0.596. The van der Waals surface area contributed by atoms with E-state index in [2.05, 4.69) is 36.1 Å². The van der Waals surface area contributed by atoms with Crippen molar-refractivity contribution in [2.75, 3.05) is 42.6 Å². The Balaban J connectivity index is 1.25. The molecule has 3 aromatic rings. The molecule has 0 saturated carbocycles. The van der Waals surface area contributed by atoms with Gasteiger partial charge in [-0.1, -0.05) is 0 Å². The molecule has 2 atom stereocenters. The third kappa shape index (κ3) is 4.07. The van der Waals surface area contributed by atoms with E-state index in [1.165, 1.54) is 6.07 Å². The zero-order chi connectivity index (χ0) is 24.1. The predicted octanol–water partition coefficient (Wildman–Crippen LogP) is 3.42. The number of pyridine rings is 1. The van der Waals surface area contributed by atoms with Crippen molar-refractivity contribution < 1.29 is 13.5 Å². The lowest BCUT2D eigenvalue weighted by molar-refractivity contribution is 0.287. The fraction of sp³-hybridized carbons (Fsp3) is 0.423. The zero-order valence-corrected chi connectivity index (χ0v) is 19.8. The van der Waals surface area contributed by atoms with E-state index in [0.717, 1.165) is 43.1 Å². The Morgan fingerprint density at radius 1 is 1.11 bits per heavy atom. The average molecular weight is 479 g/mol. The molecule has 2 unspecified atom stereocenters. The Kier molecular flexibility index (Phi) is 5.51. The van der Waals surface area contributed by atoms with Gasteiger partial charge in [-0.05, 0) is 38.1 Å². The van der Waals surface area contributed by atoms with Crippen LogP contribution >= 0.6 is 0 Å². The second kappa shape index (κ2) is 8.71. The standard InChI is InChI=1S/C26H28F2N6O/c1-15(2)34-5-6-35-26-20(27)7-16(8-23(26)34)25-21(28)12-31-24(32-25)9-18-3-4-19(11-29-18)33-13-17-10-30-22(17)14-33/h3-4,7-8,11-12,15,17,22,30H,5-6,9-10,13-14H2,1-2H3. The van der Waals surface area contributed by atoms with E-state index in [0.29, 0.717) is 42.7 Å². The minimum Gasteiger partial charge on any atom is -0.486 e. The van der Waals surface area contributed by atoms with Gasteiger partial charge in [0.1, 0.15) is 18.1 Å². The molecule has 7 nitrogen and oxygen atoms in total. The van der Waals surface area contributed by atoms with Crippen LogP contribution in [0.4, 0.5) is 20.2 Å². The van der Waals surface area contributed by atoms with Crippen molar-refractivity contribution in [3.05, 3.63) is 59.8 Å². The summed E-state index contributed by atoms with van der Waals surface area (Å²) in [6.45, 7) is 8.27. The summed E-state index contributed by atoms with van der Waals surface area (Å²) < 4.78 is 35.3. The van der Waals surface area contributed by atoms with Gasteiger partial charge >= 0.3 is 0 Å². The van der Waals surface area contributed by atoms with Gasteiger partial charge in [0, 0.05) is 48.9 Å². The van der Waals surface area contributed by atoms with Crippen LogP contribution in [-0.4, -0.2) is 59.8 Å². The Bertz CT molecular complexity index is 1240. The number of nitrogens with one attached hydrogen (secondary N) is 1. The second-order valence-corrected chi connectivity index (χ2v) is 9.79. The van der Waals surface area contributed by atoms with E-state index in [1.54, 1.807) is 6.07 Å². The maximum atomic E-state index is 14.9. The molecule has 9 heteroatoms. The molecule has 0 radical (unpaired) electrons. The van der Waals surface area contributed by atoms with Gasteiger partial charge in [0.15, 0.2) is 17.4 Å². The van der Waals surface area contributed by atoms with E-state index in [4.69, 9.17) is 4.74 Å². The van der Waals surface area contributed by atoms with E-state index >= 15 is 0 Å². The number of nitrogens with zero attached hydrogens (tertiary/aromatic N) is 5. The molecule has 6 rings (SSSR count). The fourth-order valence-corrected chi connectivity index (χ4v) is 5.20. The van der Waals surface area contributed by atoms with Crippen LogP contribution in [0.1, 0.15) is 25.4 Å². The Labute approximate surface area is 203 Å². The van der Waals surface area contributed by atoms with Gasteiger partial charge in [-0.3, -0.25) is 4.98 Å². The summed E-state index contributed by atoms with van der Waals surface area (Å²) in [5, 5.41) is 3.46. The third-order valence-corrected chi connectivity index (χ3v) is 7.20. The number of fused-ring (bicyclic) bond motifs is 2. The van der Waals surface area contributed by atoms with Crippen molar-refractivity contribution in [3.8, 4) is 17.0 Å². The first-order valence-corrected chi connectivity index (χ1v) is 12.1. The van der Waals surface area contributed by atoms with Gasteiger partial charge < -0.3 is 19.9 Å². The number of benzene rings is 1. The van der Waals surface area contributed by atoms with Crippen LogP contribution in [0, 0.1) is 17.6 Å². The number of hydrogen-bond donors (Lipinski definition) is 1. The number of ether oxygens (including phenoxy) is 1. The highest BCUT2D eigenvalue weighted by atomic mass is 19.1. The molecule has 3 aliphatic heterocycles. The molecule has 2 saturated heterocycles. The first kappa shape index (κ1) is 22.2. The van der Waals surface area contributed by atoms with Crippen LogP contribution < -0.4 is 19.9 Å². The highest BCUT2D eigenvalue weighted by Crippen LogP contribution is 2.39. The first-order chi connectivity index (χ1) is 17.0. The summed E-state index contributed by atoms with van der Waals surface area (Å²) in [7, 11) is 0. The molecular weight excluding hydrogens is 450 g/mol. The van der Waals surface area contributed by atoms with E-state index in [1.807, 2.05) is 26.1 Å². The van der Waals surface area contributed by atoms with Crippen molar-refractivity contribution in [2.45, 2.75) is 32.4 Å². The third-order valence-electron chi connectivity index (χ3n) is 7.20. The lowest BCUT2D eigenvalue weighted by Crippen LogP contribution is -2.51. The molecule has 182 valence electrons. The quantitative estimate of drug-likeness (QED) is 0.603. The van der Waals surface area contributed by atoms with Gasteiger partial charge in [0.2, 0.25) is 0 Å². The van der Waals surface area contributed by atoms with Crippen LogP contribution in [0.2, 0.25) is 0 Å². The lowest BCUT2D eigenvalue weighted by atomic mass is 9.96. The van der Waals surface area contributed by atoms with Crippen LogP contribution in [0.25, 0.3) is 11.3 Å². The van der Waals surface area contributed by atoms with Crippen molar-refractivity contribution in [3.63, 3.8) is 0 Å². The van der Waals surface area contributed by atoms with E-state index in [9.17, 15) is 8.78 Å². The highest BCUT2D eigenvalue weighted by Gasteiger charge is 2.39. The topological polar surface area (TPSA) is 66.4 Å². The van der Waals surface area contributed by atoms with Gasteiger partial charge in [0.25, 0.3) is 0 Å². The summed E-state index contributed by atoms with van der Waals surface area (Å²) in [5.41, 5.74) is 2.94. The van der Waals surface area contributed by atoms with E-state index < -0.39 is 11.6 Å². The normalized spacial score (nSPS) is 20.9. The maximum absolute atomic E-state index is 14.9. The maximum Gasteiger partial charge on any atom is 0.178 e. The Morgan fingerprint density at radius 2 is 2.00 bits per heavy atom. The number of halogens is 2. The number of aromatic nitrogens is 3. The van der Waals surface area contributed by atoms with Crippen molar-refractivity contribution in [1.82, 2.24) is 20.3 Å². The Morgan fingerprint density at radius 3 is 2.69 bits per heavy atom. The Hall–Kier alpha value is -3.33. The van der Waals surface area contributed by atoms with Gasteiger partial charge in [-0.15, -0.1) is 0 Å². The van der Waals surface area contributed by atoms with Crippen LogP contribution in [0.15, 0.2) is 36.7 Å². The summed E-state index contributed by atoms with van der Waals surface area (Å²) in [6, 6.07) is 7.80. The molecule has 0 spiro atoms. The van der Waals surface area contributed by atoms with Crippen LogP contribution in [0.3, 0.4) is 0 Å². The SMILES string of the molecule is CC(C)N1CCOc2c(F)cc(-c3nc(Cc4ccc(N5CC6CNC6C5)cn4)ncc3F)cc21. The summed E-state index contributed by atoms with van der Waals surface area (Å²) >= 11 is 0. The summed E-state index contributed by atoms with van der Waals surface area (Å²) in [5.74, 6) is 0.245. The van der Waals surface area contributed by atoms with Crippen molar-refractivity contribution >= 4 is 11.4 Å². The summed E-state index contributed by atoms with van der Waals surface area (Å²) in [6.07, 6.45) is 3.38. The number of hydrogen-bond acceptors (Lipinski definition) is 7. The average Bonchev–Trinajstić information content (AvgIpc) is 3.14. The minimum absolute atomic E-state index is 0.0719. The predicted molar refractivity (Wildman–Crippen MR) is 130 cm³/mol. The molecule has 2 aromatic heterocycles. The van der Waals surface area contributed by atoms with Gasteiger partial charge in [-0.2, -0.15) is 0 Å². The van der Waals surface area contributed by atoms with Crippen molar-refractivity contribution in [1.29, 1.82) is 0 Å². The zero-order valence-electron chi connectivity index (χ0n) is 19.8. The monoisotopic (exact) mass is 478 g/mol. The van der Waals surface area contributed by atoms with Crippen molar-refractivity contribution in [2.24, 2.45) is 5.92 Å². The first-order valence-electron chi connectivity index (χ1n) is 12.1. The highest BCUT2D eigenvalue weighted by molar-refractivity contribution is 5.72. The molecule has 0 aliphatic carbocycles. The number of anilines is 2. The summed E-state index contributed by atoms with van der Waals surface area (Å²) in [4.78, 5) is 17.6. The molecule has 35 heavy (non-hydrogen) atoms. The molecule has 0 amide bonds. The molecule has 1 aromatic carbocycles. The van der Waals surface area contributed by atoms with Gasteiger partial charge in [0.05, 0.1) is 36.7 Å². The largest absolute Gasteiger partial charge is 0.486 e. The number of rotatable bonds is 5. The molecule has 5 heterocycles. The van der Waals surface area contributed by atoms with Crippen LogP contribution in [-0.2, 0) is 6.42 Å². The second-order valence-electron chi connectivity index (χ2n) is 9.79. The molecule has 1 N–H and O–H groups in total.